The summed E-state index contributed by atoms with van der Waals surface area (Å²) in [5, 5.41) is 5.89. The number of sulfonamides is 1. The van der Waals surface area contributed by atoms with E-state index in [0.717, 1.165) is 25.7 Å². The van der Waals surface area contributed by atoms with Crippen LogP contribution in [0.2, 0.25) is 0 Å². The summed E-state index contributed by atoms with van der Waals surface area (Å²) in [6, 6.07) is 1.68. The average molecular weight is 326 g/mol. The molecular formula is C14H22N4O3S. The van der Waals surface area contributed by atoms with Gasteiger partial charge in [0, 0.05) is 25.3 Å². The molecule has 1 atom stereocenters. The summed E-state index contributed by atoms with van der Waals surface area (Å²) in [4.78, 5) is 13.9. The fourth-order valence-electron chi connectivity index (χ4n) is 3.29. The Morgan fingerprint density at radius 1 is 1.27 bits per heavy atom. The van der Waals surface area contributed by atoms with Gasteiger partial charge in [-0.2, -0.15) is 5.10 Å². The van der Waals surface area contributed by atoms with Crippen molar-refractivity contribution in [2.45, 2.75) is 49.8 Å². The van der Waals surface area contributed by atoms with E-state index in [1.807, 2.05) is 0 Å². The molecule has 1 saturated heterocycles. The summed E-state index contributed by atoms with van der Waals surface area (Å²) in [6.45, 7) is 0.840. The van der Waals surface area contributed by atoms with Crippen LogP contribution in [0.5, 0.6) is 0 Å². The summed E-state index contributed by atoms with van der Waals surface area (Å²) in [5.41, 5.74) is 0.404. The molecule has 1 aliphatic carbocycles. The number of carbonyl (C=O) groups is 1. The first-order valence-corrected chi connectivity index (χ1v) is 9.41. The van der Waals surface area contributed by atoms with Crippen molar-refractivity contribution in [3.8, 4) is 0 Å². The topological polar surface area (TPSA) is 95.2 Å². The van der Waals surface area contributed by atoms with E-state index < -0.39 is 15.3 Å². The van der Waals surface area contributed by atoms with Gasteiger partial charge in [-0.15, -0.1) is 0 Å². The zero-order valence-electron chi connectivity index (χ0n) is 12.5. The van der Waals surface area contributed by atoms with Gasteiger partial charge in [0.05, 0.1) is 5.25 Å². The van der Waals surface area contributed by atoms with Crippen molar-refractivity contribution in [1.29, 1.82) is 0 Å². The van der Waals surface area contributed by atoms with Crippen LogP contribution in [0.3, 0.4) is 0 Å². The van der Waals surface area contributed by atoms with Crippen molar-refractivity contribution in [3.63, 3.8) is 0 Å². The zero-order valence-corrected chi connectivity index (χ0v) is 13.3. The zero-order chi connectivity index (χ0) is 15.6. The largest absolute Gasteiger partial charge is 0.336 e. The molecule has 22 heavy (non-hydrogen) atoms. The number of likely N-dealkylation sites (tertiary alicyclic amines) is 1. The first kappa shape index (κ1) is 15.5. The fraction of sp³-hybridized carbons (Fsp3) is 0.714. The molecule has 2 aliphatic rings. The minimum absolute atomic E-state index is 0.0729. The quantitative estimate of drug-likeness (QED) is 0.858. The molecule has 2 N–H and O–H groups in total. The average Bonchev–Trinajstić information content (AvgIpc) is 3.19. The summed E-state index contributed by atoms with van der Waals surface area (Å²) in [5.74, 6) is -0.182. The molecule has 0 bridgehead atoms. The van der Waals surface area contributed by atoms with Gasteiger partial charge in [-0.3, -0.25) is 9.89 Å². The molecular weight excluding hydrogens is 304 g/mol. The van der Waals surface area contributed by atoms with Gasteiger partial charge in [0.1, 0.15) is 5.69 Å². The molecule has 1 aromatic rings. The highest BCUT2D eigenvalue weighted by molar-refractivity contribution is 7.90. The predicted octanol–water partition coefficient (Wildman–Crippen LogP) is 0.876. The lowest BCUT2D eigenvalue weighted by atomic mass is 10.1. The number of aromatic nitrogens is 2. The minimum Gasteiger partial charge on any atom is -0.336 e. The predicted molar refractivity (Wildman–Crippen MR) is 81.8 cm³/mol. The standard InChI is InChI=1S/C14H22N4O3S/c19-14(13-7-8-15-16-13)18-9-3-6-12(10-18)22(20,21)17-11-4-1-2-5-11/h7-8,11-12,17H,1-6,9-10H2,(H,15,16). The van der Waals surface area contributed by atoms with E-state index in [1.165, 1.54) is 6.20 Å². The van der Waals surface area contributed by atoms with Crippen LogP contribution in [0.4, 0.5) is 0 Å². The first-order valence-electron chi connectivity index (χ1n) is 7.86. The third-order valence-electron chi connectivity index (χ3n) is 4.52. The molecule has 2 fully saturated rings. The molecule has 0 radical (unpaired) electrons. The Morgan fingerprint density at radius 3 is 2.73 bits per heavy atom. The fourth-order valence-corrected chi connectivity index (χ4v) is 5.04. The van der Waals surface area contributed by atoms with Crippen LogP contribution < -0.4 is 4.72 Å². The highest BCUT2D eigenvalue weighted by Gasteiger charge is 2.34. The van der Waals surface area contributed by atoms with E-state index in [-0.39, 0.29) is 18.5 Å². The van der Waals surface area contributed by atoms with Gasteiger partial charge in [0.25, 0.3) is 5.91 Å². The number of H-pyrrole nitrogens is 1. The molecule has 1 amide bonds. The van der Waals surface area contributed by atoms with E-state index >= 15 is 0 Å². The van der Waals surface area contributed by atoms with Gasteiger partial charge in [0.15, 0.2) is 0 Å². The molecule has 0 aromatic carbocycles. The Labute approximate surface area is 130 Å². The van der Waals surface area contributed by atoms with Crippen molar-refractivity contribution in [2.24, 2.45) is 0 Å². The van der Waals surface area contributed by atoms with Gasteiger partial charge in [0.2, 0.25) is 10.0 Å². The number of carbonyl (C=O) groups excluding carboxylic acids is 1. The Bertz CT molecular complexity index is 608. The molecule has 8 heteroatoms. The van der Waals surface area contributed by atoms with E-state index in [4.69, 9.17) is 0 Å². The van der Waals surface area contributed by atoms with E-state index in [1.54, 1.807) is 11.0 Å². The van der Waals surface area contributed by atoms with E-state index in [2.05, 4.69) is 14.9 Å². The first-order chi connectivity index (χ1) is 10.6. The third kappa shape index (κ3) is 3.33. The Morgan fingerprint density at radius 2 is 2.05 bits per heavy atom. The Hall–Kier alpha value is -1.41. The molecule has 1 saturated carbocycles. The van der Waals surface area contributed by atoms with Crippen LogP contribution in [-0.4, -0.2) is 53.8 Å². The smallest absolute Gasteiger partial charge is 0.271 e. The second-order valence-corrected chi connectivity index (χ2v) is 8.12. The number of nitrogens with one attached hydrogen (secondary N) is 2. The molecule has 1 aromatic heterocycles. The van der Waals surface area contributed by atoms with Gasteiger partial charge in [-0.1, -0.05) is 12.8 Å². The van der Waals surface area contributed by atoms with Crippen LogP contribution in [0, 0.1) is 0 Å². The number of piperidine rings is 1. The van der Waals surface area contributed by atoms with Crippen molar-refractivity contribution in [1.82, 2.24) is 19.8 Å². The lowest BCUT2D eigenvalue weighted by Gasteiger charge is -2.32. The number of hydrogen-bond acceptors (Lipinski definition) is 4. The lowest BCUT2D eigenvalue weighted by Crippen LogP contribution is -2.50. The third-order valence-corrected chi connectivity index (χ3v) is 6.45. The van der Waals surface area contributed by atoms with Crippen molar-refractivity contribution in [2.75, 3.05) is 13.1 Å². The van der Waals surface area contributed by atoms with Crippen molar-refractivity contribution >= 4 is 15.9 Å². The van der Waals surface area contributed by atoms with Crippen molar-refractivity contribution < 1.29 is 13.2 Å². The Kier molecular flexibility index (Phi) is 4.49. The maximum absolute atomic E-state index is 12.5. The van der Waals surface area contributed by atoms with Crippen LogP contribution in [0.15, 0.2) is 12.3 Å². The molecule has 1 aliphatic heterocycles. The second-order valence-electron chi connectivity index (χ2n) is 6.13. The highest BCUT2D eigenvalue weighted by Crippen LogP contribution is 2.22. The van der Waals surface area contributed by atoms with Gasteiger partial charge in [-0.05, 0) is 31.7 Å². The van der Waals surface area contributed by atoms with Gasteiger partial charge >= 0.3 is 0 Å². The van der Waals surface area contributed by atoms with E-state index in [0.29, 0.717) is 25.1 Å². The summed E-state index contributed by atoms with van der Waals surface area (Å²) in [6.07, 6.45) is 6.84. The second kappa shape index (κ2) is 6.37. The van der Waals surface area contributed by atoms with Crippen LogP contribution >= 0.6 is 0 Å². The van der Waals surface area contributed by atoms with Crippen LogP contribution in [0.1, 0.15) is 49.0 Å². The normalized spacial score (nSPS) is 23.8. The van der Waals surface area contributed by atoms with Crippen LogP contribution in [-0.2, 0) is 10.0 Å². The van der Waals surface area contributed by atoms with E-state index in [9.17, 15) is 13.2 Å². The number of hydrogen-bond donors (Lipinski definition) is 2. The van der Waals surface area contributed by atoms with Gasteiger partial charge < -0.3 is 4.90 Å². The molecule has 122 valence electrons. The number of nitrogens with zero attached hydrogens (tertiary/aromatic N) is 2. The molecule has 7 nitrogen and oxygen atoms in total. The Balaban J connectivity index is 1.65. The summed E-state index contributed by atoms with van der Waals surface area (Å²) >= 11 is 0. The summed E-state index contributed by atoms with van der Waals surface area (Å²) < 4.78 is 27.9. The van der Waals surface area contributed by atoms with Crippen LogP contribution in [0.25, 0.3) is 0 Å². The van der Waals surface area contributed by atoms with Gasteiger partial charge in [-0.25, -0.2) is 13.1 Å². The SMILES string of the molecule is O=C(c1ccn[nH]1)N1CCCC(S(=O)(=O)NC2CCCC2)C1. The lowest BCUT2D eigenvalue weighted by molar-refractivity contribution is 0.0720. The molecule has 3 rings (SSSR count). The maximum atomic E-state index is 12.5. The van der Waals surface area contributed by atoms with Crippen molar-refractivity contribution in [3.05, 3.63) is 18.0 Å². The molecule has 1 unspecified atom stereocenters. The monoisotopic (exact) mass is 326 g/mol. The maximum Gasteiger partial charge on any atom is 0.271 e. The highest BCUT2D eigenvalue weighted by atomic mass is 32.2. The summed E-state index contributed by atoms with van der Waals surface area (Å²) in [7, 11) is -3.37. The molecule has 0 spiro atoms. The number of amides is 1. The molecule has 2 heterocycles. The number of aromatic amines is 1. The number of rotatable bonds is 4. The minimum atomic E-state index is -3.37.